The van der Waals surface area contributed by atoms with Crippen LogP contribution in [-0.4, -0.2) is 27.7 Å². The molecule has 1 N–H and O–H groups in total. The van der Waals surface area contributed by atoms with Gasteiger partial charge in [0.1, 0.15) is 8.07 Å². The lowest BCUT2D eigenvalue weighted by Crippen LogP contribution is -3.12. The van der Waals surface area contributed by atoms with Crippen LogP contribution in [0.15, 0.2) is 22.8 Å². The standard InChI is InChI=1S/C14H25NOSi.ClH/c1-17(2,14-8-7-12-16-14)13-11-15-9-5-3-4-6-10-15;/h7-8,12H,3-6,9-11,13H2,1-2H3;1H. The topological polar surface area (TPSA) is 17.6 Å². The van der Waals surface area contributed by atoms with Crippen molar-refractivity contribution in [3.8, 4) is 0 Å². The van der Waals surface area contributed by atoms with Crippen LogP contribution < -0.4 is 22.7 Å². The Morgan fingerprint density at radius 2 is 1.83 bits per heavy atom. The number of furan rings is 1. The fraction of sp³-hybridized carbons (Fsp3) is 0.714. The Labute approximate surface area is 118 Å². The number of hydrogen-bond donors (Lipinski definition) is 1. The Kier molecular flexibility index (Phi) is 6.47. The van der Waals surface area contributed by atoms with Crippen molar-refractivity contribution in [2.75, 3.05) is 19.6 Å². The zero-order valence-electron chi connectivity index (χ0n) is 11.7. The van der Waals surface area contributed by atoms with Gasteiger partial charge in [-0.3, -0.25) is 0 Å². The summed E-state index contributed by atoms with van der Waals surface area (Å²) in [6.45, 7) is 9.00. The summed E-state index contributed by atoms with van der Waals surface area (Å²) in [6, 6.07) is 5.56. The summed E-state index contributed by atoms with van der Waals surface area (Å²) in [7, 11) is -1.32. The fourth-order valence-electron chi connectivity index (χ4n) is 2.75. The maximum absolute atomic E-state index is 5.62. The van der Waals surface area contributed by atoms with Crippen LogP contribution >= 0.6 is 0 Å². The average molecular weight is 288 g/mol. The summed E-state index contributed by atoms with van der Waals surface area (Å²) < 4.78 is 5.62. The first-order chi connectivity index (χ1) is 8.18. The highest BCUT2D eigenvalue weighted by atomic mass is 35.5. The molecular formula is C14H26ClNOSi. The Morgan fingerprint density at radius 1 is 1.17 bits per heavy atom. The van der Waals surface area contributed by atoms with Gasteiger partial charge in [0.15, 0.2) is 0 Å². The van der Waals surface area contributed by atoms with E-state index in [9.17, 15) is 0 Å². The van der Waals surface area contributed by atoms with Crippen LogP contribution in [0, 0.1) is 0 Å². The number of rotatable bonds is 4. The van der Waals surface area contributed by atoms with Crippen molar-refractivity contribution >= 4 is 13.5 Å². The van der Waals surface area contributed by atoms with Crippen LogP contribution in [0.3, 0.4) is 0 Å². The molecule has 1 fully saturated rings. The van der Waals surface area contributed by atoms with Crippen LogP contribution in [-0.2, 0) is 0 Å². The van der Waals surface area contributed by atoms with Crippen molar-refractivity contribution < 1.29 is 21.7 Å². The SMILES string of the molecule is C[Si](C)(CC[NH+]1CCCCCC1)c1ccco1.[Cl-]. The van der Waals surface area contributed by atoms with Crippen molar-refractivity contribution in [2.24, 2.45) is 0 Å². The number of halogens is 1. The van der Waals surface area contributed by atoms with Gasteiger partial charge in [0.05, 0.1) is 31.3 Å². The molecule has 1 aliphatic heterocycles. The van der Waals surface area contributed by atoms with Crippen molar-refractivity contribution in [1.29, 1.82) is 0 Å². The van der Waals surface area contributed by atoms with Crippen molar-refractivity contribution in [3.05, 3.63) is 18.4 Å². The summed E-state index contributed by atoms with van der Waals surface area (Å²) in [4.78, 5) is 1.83. The largest absolute Gasteiger partial charge is 1.00 e. The molecule has 0 saturated carbocycles. The van der Waals surface area contributed by atoms with Crippen molar-refractivity contribution in [1.82, 2.24) is 0 Å². The second kappa shape index (κ2) is 7.36. The first-order valence-electron chi connectivity index (χ1n) is 7.06. The monoisotopic (exact) mass is 287 g/mol. The van der Waals surface area contributed by atoms with Gasteiger partial charge in [-0.2, -0.15) is 0 Å². The molecule has 1 aromatic rings. The quantitative estimate of drug-likeness (QED) is 0.679. The Balaban J connectivity index is 0.00000162. The molecule has 2 nitrogen and oxygen atoms in total. The molecule has 2 heterocycles. The molecule has 0 bridgehead atoms. The molecule has 1 saturated heterocycles. The molecule has 0 radical (unpaired) electrons. The maximum Gasteiger partial charge on any atom is 0.131 e. The number of nitrogens with one attached hydrogen (secondary N) is 1. The second-order valence-electron chi connectivity index (χ2n) is 6.03. The third-order valence-corrected chi connectivity index (χ3v) is 7.22. The molecule has 18 heavy (non-hydrogen) atoms. The molecule has 4 heteroatoms. The molecule has 1 aliphatic rings. The highest BCUT2D eigenvalue weighted by Crippen LogP contribution is 2.09. The lowest BCUT2D eigenvalue weighted by molar-refractivity contribution is -0.897. The van der Waals surface area contributed by atoms with E-state index in [2.05, 4.69) is 19.2 Å². The summed E-state index contributed by atoms with van der Waals surface area (Å²) in [6.07, 6.45) is 7.57. The van der Waals surface area contributed by atoms with E-state index in [1.165, 1.54) is 56.7 Å². The van der Waals surface area contributed by atoms with Gasteiger partial charge < -0.3 is 21.7 Å². The Morgan fingerprint density at radius 3 is 2.39 bits per heavy atom. The predicted octanol–water partition coefficient (Wildman–Crippen LogP) is -1.34. The van der Waals surface area contributed by atoms with Gasteiger partial charge in [-0.1, -0.05) is 13.1 Å². The van der Waals surface area contributed by atoms with Crippen molar-refractivity contribution in [2.45, 2.75) is 44.8 Å². The summed E-state index contributed by atoms with van der Waals surface area (Å²) >= 11 is 0. The Bertz CT molecular complexity index is 319. The minimum absolute atomic E-state index is 0. The van der Waals surface area contributed by atoms with E-state index in [-0.39, 0.29) is 12.4 Å². The molecule has 1 aromatic heterocycles. The van der Waals surface area contributed by atoms with Crippen LogP contribution in [0.1, 0.15) is 25.7 Å². The highest BCUT2D eigenvalue weighted by Gasteiger charge is 2.28. The first-order valence-corrected chi connectivity index (χ1v) is 10.3. The number of quaternary nitrogens is 1. The van der Waals surface area contributed by atoms with Gasteiger partial charge in [0, 0.05) is 0 Å². The van der Waals surface area contributed by atoms with E-state index >= 15 is 0 Å². The number of hydrogen-bond acceptors (Lipinski definition) is 1. The van der Waals surface area contributed by atoms with Gasteiger partial charge in [-0.25, -0.2) is 0 Å². The minimum atomic E-state index is -1.32. The molecule has 0 spiro atoms. The molecule has 0 amide bonds. The fourth-order valence-corrected chi connectivity index (χ4v) is 4.91. The van der Waals surface area contributed by atoms with Gasteiger partial charge in [0.25, 0.3) is 0 Å². The predicted molar refractivity (Wildman–Crippen MR) is 74.7 cm³/mol. The highest BCUT2D eigenvalue weighted by molar-refractivity contribution is 6.88. The Hall–Kier alpha value is -0.253. The van der Waals surface area contributed by atoms with E-state index in [4.69, 9.17) is 4.42 Å². The third-order valence-electron chi connectivity index (χ3n) is 4.10. The van der Waals surface area contributed by atoms with Crippen LogP contribution in [0.2, 0.25) is 19.1 Å². The van der Waals surface area contributed by atoms with Gasteiger partial charge >= 0.3 is 0 Å². The third kappa shape index (κ3) is 4.45. The van der Waals surface area contributed by atoms with E-state index < -0.39 is 8.07 Å². The smallest absolute Gasteiger partial charge is 0.131 e. The molecule has 0 aliphatic carbocycles. The van der Waals surface area contributed by atoms with Gasteiger partial charge in [-0.15, -0.1) is 0 Å². The van der Waals surface area contributed by atoms with E-state index in [1.54, 1.807) is 0 Å². The van der Waals surface area contributed by atoms with E-state index in [0.717, 1.165) is 0 Å². The molecule has 0 unspecified atom stereocenters. The van der Waals surface area contributed by atoms with Crippen LogP contribution in [0.4, 0.5) is 0 Å². The van der Waals surface area contributed by atoms with Gasteiger partial charge in [-0.05, 0) is 43.9 Å². The van der Waals surface area contributed by atoms with Crippen LogP contribution in [0.5, 0.6) is 0 Å². The summed E-state index contributed by atoms with van der Waals surface area (Å²) in [5, 5.41) is 1.27. The lowest BCUT2D eigenvalue weighted by atomic mass is 10.2. The summed E-state index contributed by atoms with van der Waals surface area (Å²) in [5.74, 6) is 0. The number of likely N-dealkylation sites (tertiary alicyclic amines) is 1. The van der Waals surface area contributed by atoms with Gasteiger partial charge in [0.2, 0.25) is 0 Å². The molecular weight excluding hydrogens is 262 g/mol. The first kappa shape index (κ1) is 15.8. The average Bonchev–Trinajstić information content (AvgIpc) is 2.72. The molecule has 0 atom stereocenters. The normalized spacial score (nSPS) is 18.1. The minimum Gasteiger partial charge on any atom is -1.00 e. The lowest BCUT2D eigenvalue weighted by Gasteiger charge is -2.23. The van der Waals surface area contributed by atoms with Crippen LogP contribution in [0.25, 0.3) is 0 Å². The van der Waals surface area contributed by atoms with Crippen molar-refractivity contribution in [3.63, 3.8) is 0 Å². The molecule has 104 valence electrons. The molecule has 2 rings (SSSR count). The van der Waals surface area contributed by atoms with E-state index in [1.807, 2.05) is 17.2 Å². The molecule has 0 aromatic carbocycles. The summed E-state index contributed by atoms with van der Waals surface area (Å²) in [5.41, 5.74) is 0. The maximum atomic E-state index is 5.62. The zero-order valence-corrected chi connectivity index (χ0v) is 13.4. The van der Waals surface area contributed by atoms with E-state index in [0.29, 0.717) is 0 Å². The zero-order chi connectivity index (χ0) is 12.1. The second-order valence-corrected chi connectivity index (χ2v) is 10.8.